The fraction of sp³-hybridized carbons (Fsp3) is 0.250. The number of nitrogens with one attached hydrogen (secondary N) is 1. The quantitative estimate of drug-likeness (QED) is 0.603. The average molecular weight is 461 g/mol. The molecule has 4 heterocycles. The van der Waals surface area contributed by atoms with Gasteiger partial charge in [0.15, 0.2) is 0 Å². The topological polar surface area (TPSA) is 117 Å². The lowest BCUT2D eigenvalue weighted by Crippen LogP contribution is -2.37. The molecule has 5 rings (SSSR count). The van der Waals surface area contributed by atoms with Crippen molar-refractivity contribution < 1.29 is 24.2 Å². The second-order valence-electron chi connectivity index (χ2n) is 8.28. The summed E-state index contributed by atoms with van der Waals surface area (Å²) in [7, 11) is 3.42. The molecule has 0 aliphatic carbocycles. The van der Waals surface area contributed by atoms with Crippen LogP contribution in [0, 0.1) is 0 Å². The predicted octanol–water partition coefficient (Wildman–Crippen LogP) is 3.92. The van der Waals surface area contributed by atoms with Gasteiger partial charge in [0.25, 0.3) is 5.91 Å². The maximum Gasteiger partial charge on any atom is 0.412 e. The first-order valence-electron chi connectivity index (χ1n) is 10.7. The molecule has 3 aromatic rings. The lowest BCUT2D eigenvalue weighted by molar-refractivity contribution is 0.0826. The van der Waals surface area contributed by atoms with Crippen LogP contribution in [0.5, 0.6) is 11.6 Å². The average Bonchev–Trinajstić information content (AvgIpc) is 2.82. The molecule has 2 aromatic heterocycles. The number of pyridine rings is 2. The summed E-state index contributed by atoms with van der Waals surface area (Å²) in [6.45, 7) is 2.44. The summed E-state index contributed by atoms with van der Waals surface area (Å²) < 4.78 is 11.6. The molecule has 0 saturated heterocycles. The predicted molar refractivity (Wildman–Crippen MR) is 125 cm³/mol. The van der Waals surface area contributed by atoms with Crippen molar-refractivity contribution in [1.29, 1.82) is 0 Å². The summed E-state index contributed by atoms with van der Waals surface area (Å²) in [6, 6.07) is 8.99. The highest BCUT2D eigenvalue weighted by molar-refractivity contribution is 5.95. The zero-order chi connectivity index (χ0) is 24.0. The maximum absolute atomic E-state index is 12.3. The van der Waals surface area contributed by atoms with Gasteiger partial charge < -0.3 is 24.8 Å². The van der Waals surface area contributed by atoms with Crippen LogP contribution in [-0.4, -0.2) is 59.2 Å². The number of anilines is 3. The number of ether oxygens (including phenoxy) is 2. The van der Waals surface area contributed by atoms with Gasteiger partial charge in [0, 0.05) is 42.5 Å². The Bertz CT molecular complexity index is 1310. The van der Waals surface area contributed by atoms with Crippen LogP contribution in [0.4, 0.5) is 22.0 Å². The van der Waals surface area contributed by atoms with Crippen molar-refractivity contribution in [3.05, 3.63) is 53.9 Å². The van der Waals surface area contributed by atoms with Crippen LogP contribution in [0.1, 0.15) is 28.9 Å². The van der Waals surface area contributed by atoms with E-state index in [4.69, 9.17) is 9.47 Å². The number of fused-ring (bicyclic) bond motifs is 4. The molecule has 0 bridgehead atoms. The minimum atomic E-state index is -1.06. The molecule has 2 N–H and O–H groups in total. The first-order chi connectivity index (χ1) is 16.3. The first-order valence-corrected chi connectivity index (χ1v) is 10.7. The molecular formula is C24H23N5O5. The van der Waals surface area contributed by atoms with Gasteiger partial charge in [0.05, 0.1) is 18.4 Å². The Morgan fingerprint density at radius 1 is 1.15 bits per heavy atom. The Morgan fingerprint density at radius 2 is 1.97 bits per heavy atom. The van der Waals surface area contributed by atoms with Crippen LogP contribution in [-0.2, 0) is 0 Å². The number of amides is 2. The van der Waals surface area contributed by atoms with Crippen LogP contribution in [0.2, 0.25) is 0 Å². The molecule has 34 heavy (non-hydrogen) atoms. The molecule has 0 saturated carbocycles. The Balaban J connectivity index is 1.45. The van der Waals surface area contributed by atoms with Gasteiger partial charge in [0.2, 0.25) is 5.88 Å². The zero-order valence-electron chi connectivity index (χ0n) is 18.9. The van der Waals surface area contributed by atoms with Crippen molar-refractivity contribution >= 4 is 29.2 Å². The van der Waals surface area contributed by atoms with E-state index in [9.17, 15) is 14.7 Å². The third kappa shape index (κ3) is 3.72. The smallest absolute Gasteiger partial charge is 0.412 e. The summed E-state index contributed by atoms with van der Waals surface area (Å²) in [5.74, 6) is 1.40. The third-order valence-corrected chi connectivity index (χ3v) is 5.78. The summed E-state index contributed by atoms with van der Waals surface area (Å²) in [4.78, 5) is 35.4. The van der Waals surface area contributed by atoms with Crippen molar-refractivity contribution in [2.45, 2.75) is 13.0 Å². The molecule has 0 fully saturated rings. The van der Waals surface area contributed by atoms with E-state index in [0.717, 1.165) is 16.7 Å². The molecule has 174 valence electrons. The van der Waals surface area contributed by atoms with E-state index in [1.54, 1.807) is 44.7 Å². The summed E-state index contributed by atoms with van der Waals surface area (Å²) in [5, 5.41) is 12.6. The normalized spacial score (nSPS) is 15.7. The molecule has 1 unspecified atom stereocenters. The number of carbonyl (C=O) groups is 2. The van der Waals surface area contributed by atoms with Gasteiger partial charge in [-0.05, 0) is 37.3 Å². The van der Waals surface area contributed by atoms with Gasteiger partial charge in [-0.2, -0.15) is 0 Å². The molecule has 1 aromatic carbocycles. The highest BCUT2D eigenvalue weighted by Gasteiger charge is 2.27. The van der Waals surface area contributed by atoms with Gasteiger partial charge in [-0.15, -0.1) is 0 Å². The number of hydrogen-bond donors (Lipinski definition) is 2. The van der Waals surface area contributed by atoms with Gasteiger partial charge in [-0.1, -0.05) is 0 Å². The number of rotatable bonds is 3. The van der Waals surface area contributed by atoms with Gasteiger partial charge in [0.1, 0.15) is 30.0 Å². The molecule has 0 radical (unpaired) electrons. The minimum Gasteiger partial charge on any atom is -0.485 e. The van der Waals surface area contributed by atoms with Crippen LogP contribution in [0.25, 0.3) is 11.1 Å². The number of benzene rings is 1. The first kappa shape index (κ1) is 21.5. The van der Waals surface area contributed by atoms with Crippen molar-refractivity contribution in [3.8, 4) is 22.8 Å². The lowest BCUT2D eigenvalue weighted by atomic mass is 9.94. The van der Waals surface area contributed by atoms with Crippen LogP contribution in [0.15, 0.2) is 42.7 Å². The van der Waals surface area contributed by atoms with E-state index >= 15 is 0 Å². The number of nitrogens with zero attached hydrogens (tertiary/aromatic N) is 4. The lowest BCUT2D eigenvalue weighted by Gasteiger charge is -2.28. The van der Waals surface area contributed by atoms with Gasteiger partial charge in [-0.3, -0.25) is 9.69 Å². The second kappa shape index (κ2) is 8.22. The molecule has 1 atom stereocenters. The van der Waals surface area contributed by atoms with E-state index < -0.39 is 6.09 Å². The highest BCUT2D eigenvalue weighted by atomic mass is 16.5. The molecule has 2 aliphatic rings. The van der Waals surface area contributed by atoms with Crippen LogP contribution in [0.3, 0.4) is 0 Å². The van der Waals surface area contributed by atoms with Crippen molar-refractivity contribution in [3.63, 3.8) is 0 Å². The number of carboxylic acid groups (broad SMARTS) is 1. The van der Waals surface area contributed by atoms with Crippen LogP contribution < -0.4 is 19.7 Å². The highest BCUT2D eigenvalue weighted by Crippen LogP contribution is 2.43. The van der Waals surface area contributed by atoms with E-state index in [1.165, 1.54) is 9.80 Å². The number of hydrogen-bond acceptors (Lipinski definition) is 7. The summed E-state index contributed by atoms with van der Waals surface area (Å²) >= 11 is 0. The largest absolute Gasteiger partial charge is 0.485 e. The van der Waals surface area contributed by atoms with E-state index in [2.05, 4.69) is 15.3 Å². The van der Waals surface area contributed by atoms with Crippen molar-refractivity contribution in [2.75, 3.05) is 37.5 Å². The fourth-order valence-electron chi connectivity index (χ4n) is 4.10. The number of aromatic nitrogens is 2. The van der Waals surface area contributed by atoms with Crippen molar-refractivity contribution in [1.82, 2.24) is 14.9 Å². The van der Waals surface area contributed by atoms with Crippen molar-refractivity contribution in [2.24, 2.45) is 0 Å². The van der Waals surface area contributed by atoms with Crippen LogP contribution >= 0.6 is 0 Å². The molecule has 2 amide bonds. The van der Waals surface area contributed by atoms with Gasteiger partial charge >= 0.3 is 6.09 Å². The summed E-state index contributed by atoms with van der Waals surface area (Å²) in [5.41, 5.74) is 4.27. The Morgan fingerprint density at radius 3 is 2.74 bits per heavy atom. The zero-order valence-corrected chi connectivity index (χ0v) is 18.9. The fourth-order valence-corrected chi connectivity index (χ4v) is 4.10. The van der Waals surface area contributed by atoms with E-state index in [-0.39, 0.29) is 31.0 Å². The Kier molecular flexibility index (Phi) is 5.20. The minimum absolute atomic E-state index is 0.0898. The van der Waals surface area contributed by atoms with Gasteiger partial charge in [-0.25, -0.2) is 14.8 Å². The maximum atomic E-state index is 12.3. The molecule has 2 aliphatic heterocycles. The van der Waals surface area contributed by atoms with E-state index in [0.29, 0.717) is 28.5 Å². The monoisotopic (exact) mass is 461 g/mol. The molecule has 10 nitrogen and oxygen atoms in total. The molecular weight excluding hydrogens is 438 g/mol. The Hall–Kier alpha value is -4.34. The molecule has 0 spiro atoms. The number of carbonyl (C=O) groups excluding carboxylic acids is 1. The standard InChI is InChI=1S/C24H23N5O5/c1-13-17-10-21(27-15-9-19-22(26-11-15)33-7-6-29(19)24(31)32)25-12-18(17)16-5-4-14(8-20(16)34-13)23(30)28(2)3/h4-5,8-13H,6-7H2,1-3H3,(H,25,27)(H,31,32). The Labute approximate surface area is 195 Å². The summed E-state index contributed by atoms with van der Waals surface area (Å²) in [6.07, 6.45) is 2.02. The molecule has 10 heteroatoms. The second-order valence-corrected chi connectivity index (χ2v) is 8.28. The SMILES string of the molecule is CC1Oc2cc(C(=O)N(C)C)ccc2-c2cnc(Nc3cnc4c(c3)N(C(=O)O)CCO4)cc21. The van der Waals surface area contributed by atoms with E-state index in [1.807, 2.05) is 19.1 Å². The third-order valence-electron chi connectivity index (χ3n) is 5.78.